The molecule has 150 valence electrons. The molecule has 0 aliphatic rings. The molecule has 3 aromatic carbocycles. The second kappa shape index (κ2) is 8.89. The number of amides is 1. The molecule has 2 N–H and O–H groups in total. The van der Waals surface area contributed by atoms with E-state index >= 15 is 0 Å². The van der Waals surface area contributed by atoms with Gasteiger partial charge in [0.15, 0.2) is 0 Å². The number of carbonyl (C=O) groups excluding carboxylic acids is 1. The highest BCUT2D eigenvalue weighted by Gasteiger charge is 2.22. The van der Waals surface area contributed by atoms with Crippen molar-refractivity contribution < 1.29 is 17.9 Å². The minimum absolute atomic E-state index is 0.116. The van der Waals surface area contributed by atoms with Crippen LogP contribution >= 0.6 is 0 Å². The Morgan fingerprint density at radius 1 is 0.862 bits per heavy atom. The van der Waals surface area contributed by atoms with E-state index in [2.05, 4.69) is 10.0 Å². The fraction of sp³-hybridized carbons (Fsp3) is 0.136. The Hall–Kier alpha value is -3.16. The molecule has 0 spiro atoms. The van der Waals surface area contributed by atoms with E-state index in [4.69, 9.17) is 4.74 Å². The lowest BCUT2D eigenvalue weighted by Gasteiger charge is -2.15. The lowest BCUT2D eigenvalue weighted by molar-refractivity contribution is -0.117. The number of carbonyl (C=O) groups is 1. The van der Waals surface area contributed by atoms with Crippen molar-refractivity contribution in [3.8, 4) is 11.5 Å². The number of para-hydroxylation sites is 1. The number of ether oxygens (including phenoxy) is 1. The minimum atomic E-state index is -3.79. The van der Waals surface area contributed by atoms with Gasteiger partial charge in [-0.2, -0.15) is 4.72 Å². The van der Waals surface area contributed by atoms with E-state index in [9.17, 15) is 13.2 Å². The molecule has 0 bridgehead atoms. The molecule has 3 aromatic rings. The van der Waals surface area contributed by atoms with E-state index in [1.165, 1.54) is 19.1 Å². The fourth-order valence-electron chi connectivity index (χ4n) is 2.55. The first-order valence-corrected chi connectivity index (χ1v) is 10.5. The Labute approximate surface area is 170 Å². The number of nitrogens with one attached hydrogen (secondary N) is 2. The van der Waals surface area contributed by atoms with Crippen molar-refractivity contribution in [2.24, 2.45) is 0 Å². The Bertz CT molecular complexity index is 1060. The molecule has 0 saturated heterocycles. The zero-order valence-corrected chi connectivity index (χ0v) is 16.9. The van der Waals surface area contributed by atoms with Crippen LogP contribution in [0.4, 0.5) is 5.69 Å². The zero-order chi connectivity index (χ0) is 20.9. The number of hydrogen-bond donors (Lipinski definition) is 2. The van der Waals surface area contributed by atoms with E-state index in [1.54, 1.807) is 36.4 Å². The van der Waals surface area contributed by atoms with Crippen LogP contribution in [0.5, 0.6) is 11.5 Å². The first-order chi connectivity index (χ1) is 13.8. The second-order valence-electron chi connectivity index (χ2n) is 6.58. The van der Waals surface area contributed by atoms with Gasteiger partial charge in [-0.3, -0.25) is 4.79 Å². The van der Waals surface area contributed by atoms with Gasteiger partial charge in [-0.15, -0.1) is 0 Å². The fourth-order valence-corrected chi connectivity index (χ4v) is 3.76. The molecule has 1 atom stereocenters. The highest BCUT2D eigenvalue weighted by molar-refractivity contribution is 7.89. The second-order valence-corrected chi connectivity index (χ2v) is 8.30. The van der Waals surface area contributed by atoms with Crippen LogP contribution in [0, 0.1) is 6.92 Å². The monoisotopic (exact) mass is 410 g/mol. The summed E-state index contributed by atoms with van der Waals surface area (Å²) in [5, 5.41) is 2.69. The third kappa shape index (κ3) is 5.66. The van der Waals surface area contributed by atoms with E-state index in [1.807, 2.05) is 37.3 Å². The average Bonchev–Trinajstić information content (AvgIpc) is 2.70. The SMILES string of the molecule is Cc1ccc(S(=O)(=O)NC(C)C(=O)Nc2ccc(Oc3ccccc3)cc2)cc1. The van der Waals surface area contributed by atoms with Gasteiger partial charge in [0, 0.05) is 5.69 Å². The van der Waals surface area contributed by atoms with Crippen molar-refractivity contribution in [3.05, 3.63) is 84.4 Å². The van der Waals surface area contributed by atoms with Crippen LogP contribution in [0.15, 0.2) is 83.8 Å². The normalized spacial score (nSPS) is 12.2. The Kier molecular flexibility index (Phi) is 6.31. The summed E-state index contributed by atoms with van der Waals surface area (Å²) in [5.74, 6) is 0.878. The third-order valence-corrected chi connectivity index (χ3v) is 5.71. The van der Waals surface area contributed by atoms with Crippen LogP contribution in [0.1, 0.15) is 12.5 Å². The van der Waals surface area contributed by atoms with Crippen molar-refractivity contribution in [1.82, 2.24) is 4.72 Å². The molecule has 0 fully saturated rings. The molecule has 7 heteroatoms. The Morgan fingerprint density at radius 2 is 1.45 bits per heavy atom. The van der Waals surface area contributed by atoms with Gasteiger partial charge in [0.2, 0.25) is 15.9 Å². The molecule has 29 heavy (non-hydrogen) atoms. The molecule has 0 aliphatic carbocycles. The van der Waals surface area contributed by atoms with Gasteiger partial charge in [-0.1, -0.05) is 35.9 Å². The van der Waals surface area contributed by atoms with Gasteiger partial charge >= 0.3 is 0 Å². The molecular weight excluding hydrogens is 388 g/mol. The molecule has 0 heterocycles. The summed E-state index contributed by atoms with van der Waals surface area (Å²) in [7, 11) is -3.79. The summed E-state index contributed by atoms with van der Waals surface area (Å²) < 4.78 is 32.9. The molecule has 0 radical (unpaired) electrons. The number of rotatable bonds is 7. The van der Waals surface area contributed by atoms with Crippen molar-refractivity contribution in [3.63, 3.8) is 0 Å². The van der Waals surface area contributed by atoms with Crippen LogP contribution in [-0.2, 0) is 14.8 Å². The molecule has 0 aromatic heterocycles. The number of sulfonamides is 1. The van der Waals surface area contributed by atoms with Gasteiger partial charge in [-0.05, 0) is 62.4 Å². The maximum absolute atomic E-state index is 12.4. The van der Waals surface area contributed by atoms with E-state index in [-0.39, 0.29) is 4.90 Å². The van der Waals surface area contributed by atoms with Gasteiger partial charge in [-0.25, -0.2) is 8.42 Å². The van der Waals surface area contributed by atoms with Gasteiger partial charge < -0.3 is 10.1 Å². The predicted octanol–water partition coefficient (Wildman–Crippen LogP) is 4.09. The summed E-state index contributed by atoms with van der Waals surface area (Å²) in [4.78, 5) is 12.5. The predicted molar refractivity (Wildman–Crippen MR) is 113 cm³/mol. The molecular formula is C22H22N2O4S. The highest BCUT2D eigenvalue weighted by Crippen LogP contribution is 2.22. The number of benzene rings is 3. The summed E-state index contributed by atoms with van der Waals surface area (Å²) in [5.41, 5.74) is 1.49. The van der Waals surface area contributed by atoms with Gasteiger partial charge in [0.05, 0.1) is 10.9 Å². The van der Waals surface area contributed by atoms with E-state index < -0.39 is 22.0 Å². The van der Waals surface area contributed by atoms with Crippen molar-refractivity contribution in [1.29, 1.82) is 0 Å². The molecule has 0 saturated carbocycles. The maximum atomic E-state index is 12.4. The van der Waals surface area contributed by atoms with Crippen LogP contribution in [0.3, 0.4) is 0 Å². The summed E-state index contributed by atoms with van der Waals surface area (Å²) in [6.45, 7) is 3.37. The highest BCUT2D eigenvalue weighted by atomic mass is 32.2. The van der Waals surface area contributed by atoms with Crippen molar-refractivity contribution in [2.45, 2.75) is 24.8 Å². The number of aryl methyl sites for hydroxylation is 1. The quantitative estimate of drug-likeness (QED) is 0.614. The van der Waals surface area contributed by atoms with Crippen molar-refractivity contribution in [2.75, 3.05) is 5.32 Å². The molecule has 1 unspecified atom stereocenters. The lowest BCUT2D eigenvalue weighted by atomic mass is 10.2. The topological polar surface area (TPSA) is 84.5 Å². The number of hydrogen-bond acceptors (Lipinski definition) is 4. The van der Waals surface area contributed by atoms with Crippen LogP contribution in [0.25, 0.3) is 0 Å². The molecule has 1 amide bonds. The molecule has 6 nitrogen and oxygen atoms in total. The van der Waals surface area contributed by atoms with Gasteiger partial charge in [0.1, 0.15) is 11.5 Å². The first kappa shape index (κ1) is 20.6. The summed E-state index contributed by atoms with van der Waals surface area (Å²) in [6.07, 6.45) is 0. The van der Waals surface area contributed by atoms with Crippen LogP contribution < -0.4 is 14.8 Å². The third-order valence-electron chi connectivity index (χ3n) is 4.16. The van der Waals surface area contributed by atoms with E-state index in [0.29, 0.717) is 17.2 Å². The summed E-state index contributed by atoms with van der Waals surface area (Å²) in [6, 6.07) is 21.7. The standard InChI is InChI=1S/C22H22N2O4S/c1-16-8-14-21(15-9-16)29(26,27)24-17(2)22(25)23-18-10-12-20(13-11-18)28-19-6-4-3-5-7-19/h3-15,17,24H,1-2H3,(H,23,25). The zero-order valence-electron chi connectivity index (χ0n) is 16.1. The molecule has 0 aliphatic heterocycles. The lowest BCUT2D eigenvalue weighted by Crippen LogP contribution is -2.41. The Morgan fingerprint density at radius 3 is 2.07 bits per heavy atom. The van der Waals surface area contributed by atoms with E-state index in [0.717, 1.165) is 5.56 Å². The largest absolute Gasteiger partial charge is 0.457 e. The molecule has 3 rings (SSSR count). The van der Waals surface area contributed by atoms with Crippen LogP contribution in [-0.4, -0.2) is 20.4 Å². The van der Waals surface area contributed by atoms with Gasteiger partial charge in [0.25, 0.3) is 0 Å². The first-order valence-electron chi connectivity index (χ1n) is 9.06. The summed E-state index contributed by atoms with van der Waals surface area (Å²) >= 11 is 0. The van der Waals surface area contributed by atoms with Crippen LogP contribution in [0.2, 0.25) is 0 Å². The minimum Gasteiger partial charge on any atom is -0.457 e. The Balaban J connectivity index is 1.59. The number of anilines is 1. The maximum Gasteiger partial charge on any atom is 0.242 e. The smallest absolute Gasteiger partial charge is 0.242 e. The average molecular weight is 410 g/mol. The van der Waals surface area contributed by atoms with Crippen molar-refractivity contribution >= 4 is 21.6 Å².